The zero-order valence-electron chi connectivity index (χ0n) is 16.0. The molecule has 1 heteroatoms. The van der Waals surface area contributed by atoms with Crippen LogP contribution in [0.3, 0.4) is 0 Å². The topological polar surface area (TPSA) is 20.2 Å². The first-order valence-corrected chi connectivity index (χ1v) is 10.2. The molecule has 0 amide bonds. The van der Waals surface area contributed by atoms with Crippen molar-refractivity contribution >= 4 is 32.3 Å². The maximum atomic E-state index is 9.38. The zero-order chi connectivity index (χ0) is 18.9. The van der Waals surface area contributed by atoms with E-state index in [1.165, 1.54) is 62.7 Å². The number of aromatic hydroxyl groups is 1. The molecule has 0 radical (unpaired) electrons. The lowest BCUT2D eigenvalue weighted by Crippen LogP contribution is -1.92. The van der Waals surface area contributed by atoms with E-state index < -0.39 is 0 Å². The smallest absolute Gasteiger partial charge is 0.115 e. The van der Waals surface area contributed by atoms with Crippen LogP contribution in [0.15, 0.2) is 78.9 Å². The Morgan fingerprint density at radius 2 is 1.18 bits per heavy atom. The SMILES string of the molecule is Oc1ccc(CCCCCc2ccc3ccc4cccc5ccc2c3c45)cc1. The summed E-state index contributed by atoms with van der Waals surface area (Å²) >= 11 is 0. The minimum absolute atomic E-state index is 0.345. The highest BCUT2D eigenvalue weighted by molar-refractivity contribution is 6.23. The molecule has 28 heavy (non-hydrogen) atoms. The van der Waals surface area contributed by atoms with Crippen molar-refractivity contribution < 1.29 is 5.11 Å². The summed E-state index contributed by atoms with van der Waals surface area (Å²) in [6.07, 6.45) is 5.84. The molecule has 5 aromatic carbocycles. The Morgan fingerprint density at radius 3 is 1.96 bits per heavy atom. The number of phenolic OH excluding ortho intramolecular Hbond substituents is 1. The van der Waals surface area contributed by atoms with Crippen LogP contribution in [0, 0.1) is 0 Å². The van der Waals surface area contributed by atoms with Crippen LogP contribution < -0.4 is 0 Å². The molecule has 0 bridgehead atoms. The van der Waals surface area contributed by atoms with Crippen molar-refractivity contribution in [2.24, 2.45) is 0 Å². The normalized spacial score (nSPS) is 11.7. The van der Waals surface area contributed by atoms with Gasteiger partial charge < -0.3 is 5.11 Å². The number of rotatable bonds is 6. The number of unbranched alkanes of at least 4 members (excludes halogenated alkanes) is 2. The quantitative estimate of drug-likeness (QED) is 0.248. The third kappa shape index (κ3) is 3.07. The van der Waals surface area contributed by atoms with Gasteiger partial charge in [-0.25, -0.2) is 0 Å². The maximum Gasteiger partial charge on any atom is 0.115 e. The van der Waals surface area contributed by atoms with Crippen molar-refractivity contribution in [2.75, 3.05) is 0 Å². The molecule has 0 aliphatic rings. The van der Waals surface area contributed by atoms with Gasteiger partial charge in [0.15, 0.2) is 0 Å². The van der Waals surface area contributed by atoms with E-state index in [9.17, 15) is 5.11 Å². The fourth-order valence-corrected chi connectivity index (χ4v) is 4.50. The highest BCUT2D eigenvalue weighted by Gasteiger charge is 2.10. The summed E-state index contributed by atoms with van der Waals surface area (Å²) < 4.78 is 0. The van der Waals surface area contributed by atoms with Crippen molar-refractivity contribution in [2.45, 2.75) is 32.1 Å². The predicted octanol–water partition coefficient (Wildman–Crippen LogP) is 7.25. The van der Waals surface area contributed by atoms with Gasteiger partial charge in [0.1, 0.15) is 5.75 Å². The fourth-order valence-electron chi connectivity index (χ4n) is 4.50. The number of aryl methyl sites for hydroxylation is 2. The van der Waals surface area contributed by atoms with Crippen LogP contribution >= 0.6 is 0 Å². The summed E-state index contributed by atoms with van der Waals surface area (Å²) in [5, 5.41) is 17.6. The van der Waals surface area contributed by atoms with Crippen LogP contribution in [-0.2, 0) is 12.8 Å². The van der Waals surface area contributed by atoms with Crippen LogP contribution in [0.2, 0.25) is 0 Å². The second-order valence-electron chi connectivity index (χ2n) is 7.81. The highest BCUT2D eigenvalue weighted by Crippen LogP contribution is 2.36. The molecular weight excluding hydrogens is 340 g/mol. The van der Waals surface area contributed by atoms with Crippen LogP contribution in [0.4, 0.5) is 0 Å². The van der Waals surface area contributed by atoms with Crippen LogP contribution in [-0.4, -0.2) is 5.11 Å². The fraction of sp³-hybridized carbons (Fsp3) is 0.185. The largest absolute Gasteiger partial charge is 0.508 e. The second kappa shape index (κ2) is 7.16. The molecular formula is C27H24O. The standard InChI is InChI=1S/C27H24O/c28-24-16-9-19(10-17-24)5-2-1-3-6-20-11-12-23-14-13-21-7-4-8-22-15-18-25(20)27(23)26(21)22/h4,7-18,28H,1-3,5-6H2. The summed E-state index contributed by atoms with van der Waals surface area (Å²) in [4.78, 5) is 0. The van der Waals surface area contributed by atoms with Crippen molar-refractivity contribution in [3.8, 4) is 5.75 Å². The molecule has 0 atom stereocenters. The van der Waals surface area contributed by atoms with Gasteiger partial charge in [-0.3, -0.25) is 0 Å². The molecule has 0 heterocycles. The summed E-state index contributed by atoms with van der Waals surface area (Å²) in [5.41, 5.74) is 2.77. The van der Waals surface area contributed by atoms with Crippen molar-refractivity contribution in [1.82, 2.24) is 0 Å². The number of hydrogen-bond acceptors (Lipinski definition) is 1. The molecule has 0 saturated heterocycles. The molecule has 0 spiro atoms. The Bertz CT molecular complexity index is 1220. The minimum Gasteiger partial charge on any atom is -0.508 e. The van der Waals surface area contributed by atoms with Gasteiger partial charge in [-0.15, -0.1) is 0 Å². The lowest BCUT2D eigenvalue weighted by molar-refractivity contribution is 0.475. The first-order valence-electron chi connectivity index (χ1n) is 10.2. The Morgan fingerprint density at radius 1 is 0.536 bits per heavy atom. The monoisotopic (exact) mass is 364 g/mol. The molecule has 0 aliphatic carbocycles. The van der Waals surface area contributed by atoms with E-state index >= 15 is 0 Å². The Labute approximate surface area is 165 Å². The average molecular weight is 364 g/mol. The van der Waals surface area contributed by atoms with Crippen molar-refractivity contribution in [1.29, 1.82) is 0 Å². The minimum atomic E-state index is 0.345. The van der Waals surface area contributed by atoms with Gasteiger partial charge in [0.25, 0.3) is 0 Å². The van der Waals surface area contributed by atoms with E-state index in [1.807, 2.05) is 12.1 Å². The van der Waals surface area contributed by atoms with E-state index in [1.54, 1.807) is 12.1 Å². The summed E-state index contributed by atoms with van der Waals surface area (Å²) in [6.45, 7) is 0. The molecule has 0 unspecified atom stereocenters. The molecule has 0 fully saturated rings. The predicted molar refractivity (Wildman–Crippen MR) is 120 cm³/mol. The van der Waals surface area contributed by atoms with Gasteiger partial charge in [-0.05, 0) is 81.3 Å². The van der Waals surface area contributed by atoms with Crippen LogP contribution in [0.1, 0.15) is 30.4 Å². The van der Waals surface area contributed by atoms with Gasteiger partial charge >= 0.3 is 0 Å². The maximum absolute atomic E-state index is 9.38. The third-order valence-corrected chi connectivity index (χ3v) is 5.97. The second-order valence-corrected chi connectivity index (χ2v) is 7.81. The van der Waals surface area contributed by atoms with Gasteiger partial charge in [0.2, 0.25) is 0 Å². The summed E-state index contributed by atoms with van der Waals surface area (Å²) in [6, 6.07) is 27.9. The van der Waals surface area contributed by atoms with E-state index in [-0.39, 0.29) is 0 Å². The lowest BCUT2D eigenvalue weighted by atomic mass is 9.90. The number of phenols is 1. The molecule has 0 aromatic heterocycles. The van der Waals surface area contributed by atoms with E-state index in [0.29, 0.717) is 5.75 Å². The molecule has 1 nitrogen and oxygen atoms in total. The molecule has 0 saturated carbocycles. The van der Waals surface area contributed by atoms with E-state index in [4.69, 9.17) is 0 Å². The number of hydrogen-bond donors (Lipinski definition) is 1. The Kier molecular flexibility index (Phi) is 4.37. The Hall–Kier alpha value is -3.06. The molecule has 5 aromatic rings. The lowest BCUT2D eigenvalue weighted by Gasteiger charge is -2.14. The van der Waals surface area contributed by atoms with Crippen LogP contribution in [0.25, 0.3) is 32.3 Å². The molecule has 1 N–H and O–H groups in total. The highest BCUT2D eigenvalue weighted by atomic mass is 16.3. The van der Waals surface area contributed by atoms with Gasteiger partial charge in [0.05, 0.1) is 0 Å². The van der Waals surface area contributed by atoms with E-state index in [0.717, 1.165) is 12.8 Å². The summed E-state index contributed by atoms with van der Waals surface area (Å²) in [5.74, 6) is 0.345. The zero-order valence-corrected chi connectivity index (χ0v) is 16.0. The Balaban J connectivity index is 1.34. The molecule has 5 rings (SSSR count). The first kappa shape index (κ1) is 17.1. The average Bonchev–Trinajstić information content (AvgIpc) is 2.74. The van der Waals surface area contributed by atoms with Crippen molar-refractivity contribution in [3.05, 3.63) is 90.0 Å². The number of benzene rings is 5. The molecule has 0 aliphatic heterocycles. The summed E-state index contributed by atoms with van der Waals surface area (Å²) in [7, 11) is 0. The molecule has 138 valence electrons. The van der Waals surface area contributed by atoms with Gasteiger partial charge in [0, 0.05) is 0 Å². The van der Waals surface area contributed by atoms with Crippen molar-refractivity contribution in [3.63, 3.8) is 0 Å². The van der Waals surface area contributed by atoms with Gasteiger partial charge in [-0.2, -0.15) is 0 Å². The van der Waals surface area contributed by atoms with Crippen LogP contribution in [0.5, 0.6) is 5.75 Å². The first-order chi connectivity index (χ1) is 13.8. The third-order valence-electron chi connectivity index (χ3n) is 5.97. The van der Waals surface area contributed by atoms with E-state index in [2.05, 4.69) is 54.6 Å². The van der Waals surface area contributed by atoms with Gasteiger partial charge in [-0.1, -0.05) is 73.2 Å².